The maximum atomic E-state index is 12.4. The molecular weight excluding hydrogens is 358 g/mol. The minimum absolute atomic E-state index is 0.0373. The number of amides is 2. The SMILES string of the molecule is Cc1cccc(NC(=O)C2CC(=O)N(c3ccc(Br)cc3)C2)n1. The number of benzene rings is 1. The Labute approximate surface area is 142 Å². The summed E-state index contributed by atoms with van der Waals surface area (Å²) in [6.07, 6.45) is 0.216. The van der Waals surface area contributed by atoms with Crippen LogP contribution in [0.3, 0.4) is 0 Å². The van der Waals surface area contributed by atoms with E-state index >= 15 is 0 Å². The summed E-state index contributed by atoms with van der Waals surface area (Å²) >= 11 is 3.37. The third-order valence-electron chi connectivity index (χ3n) is 3.77. The van der Waals surface area contributed by atoms with E-state index in [9.17, 15) is 9.59 Å². The number of carbonyl (C=O) groups excluding carboxylic acids is 2. The Hall–Kier alpha value is -2.21. The van der Waals surface area contributed by atoms with Crippen LogP contribution in [0.5, 0.6) is 0 Å². The van der Waals surface area contributed by atoms with Crippen molar-refractivity contribution in [2.75, 3.05) is 16.8 Å². The number of carbonyl (C=O) groups is 2. The summed E-state index contributed by atoms with van der Waals surface area (Å²) in [6, 6.07) is 12.9. The Morgan fingerprint density at radius 1 is 1.26 bits per heavy atom. The van der Waals surface area contributed by atoms with Crippen LogP contribution < -0.4 is 10.2 Å². The number of aromatic nitrogens is 1. The van der Waals surface area contributed by atoms with Crippen molar-refractivity contribution in [1.29, 1.82) is 0 Å². The number of pyridine rings is 1. The molecule has 0 radical (unpaired) electrons. The van der Waals surface area contributed by atoms with E-state index in [1.165, 1.54) is 0 Å². The molecule has 3 rings (SSSR count). The van der Waals surface area contributed by atoms with Gasteiger partial charge in [-0.3, -0.25) is 9.59 Å². The molecule has 5 nitrogen and oxygen atoms in total. The van der Waals surface area contributed by atoms with Crippen molar-refractivity contribution in [3.63, 3.8) is 0 Å². The zero-order valence-electron chi connectivity index (χ0n) is 12.6. The van der Waals surface area contributed by atoms with Crippen molar-refractivity contribution in [2.45, 2.75) is 13.3 Å². The van der Waals surface area contributed by atoms with Gasteiger partial charge in [-0.2, -0.15) is 0 Å². The van der Waals surface area contributed by atoms with Crippen LogP contribution in [0.15, 0.2) is 46.9 Å². The first-order chi connectivity index (χ1) is 11.0. The van der Waals surface area contributed by atoms with E-state index in [-0.39, 0.29) is 24.2 Å². The van der Waals surface area contributed by atoms with Gasteiger partial charge < -0.3 is 10.2 Å². The fraction of sp³-hybridized carbons (Fsp3) is 0.235. The Morgan fingerprint density at radius 2 is 2.00 bits per heavy atom. The second-order valence-corrected chi connectivity index (χ2v) is 6.45. The van der Waals surface area contributed by atoms with Crippen molar-refractivity contribution in [3.05, 3.63) is 52.6 Å². The molecule has 1 N–H and O–H groups in total. The molecule has 0 spiro atoms. The molecule has 1 aliphatic heterocycles. The van der Waals surface area contributed by atoms with Crippen molar-refractivity contribution >= 4 is 39.2 Å². The number of rotatable bonds is 3. The Morgan fingerprint density at radius 3 is 2.70 bits per heavy atom. The lowest BCUT2D eigenvalue weighted by Crippen LogP contribution is -2.28. The summed E-state index contributed by atoms with van der Waals surface area (Å²) < 4.78 is 0.952. The molecule has 1 atom stereocenters. The average molecular weight is 374 g/mol. The molecule has 23 heavy (non-hydrogen) atoms. The van der Waals surface area contributed by atoms with Gasteiger partial charge in [0, 0.05) is 28.8 Å². The highest BCUT2D eigenvalue weighted by atomic mass is 79.9. The van der Waals surface area contributed by atoms with Gasteiger partial charge in [0.05, 0.1) is 5.92 Å². The summed E-state index contributed by atoms with van der Waals surface area (Å²) in [5.74, 6) is -0.0567. The summed E-state index contributed by atoms with van der Waals surface area (Å²) in [5, 5.41) is 2.79. The molecule has 1 saturated heterocycles. The lowest BCUT2D eigenvalue weighted by atomic mass is 10.1. The average Bonchev–Trinajstić information content (AvgIpc) is 2.90. The lowest BCUT2D eigenvalue weighted by Gasteiger charge is -2.16. The predicted molar refractivity (Wildman–Crippen MR) is 92.2 cm³/mol. The Kier molecular flexibility index (Phi) is 4.43. The molecule has 118 valence electrons. The van der Waals surface area contributed by atoms with Crippen LogP contribution in [0.25, 0.3) is 0 Å². The maximum absolute atomic E-state index is 12.4. The van der Waals surface area contributed by atoms with Crippen molar-refractivity contribution < 1.29 is 9.59 Å². The van der Waals surface area contributed by atoms with Gasteiger partial charge >= 0.3 is 0 Å². The number of anilines is 2. The molecule has 6 heteroatoms. The Bertz CT molecular complexity index is 746. The van der Waals surface area contributed by atoms with Crippen molar-refractivity contribution in [3.8, 4) is 0 Å². The van der Waals surface area contributed by atoms with E-state index in [4.69, 9.17) is 0 Å². The van der Waals surface area contributed by atoms with Gasteiger partial charge in [0.2, 0.25) is 11.8 Å². The second kappa shape index (κ2) is 6.50. The van der Waals surface area contributed by atoms with Gasteiger partial charge in [-0.05, 0) is 43.3 Å². The van der Waals surface area contributed by atoms with Gasteiger partial charge in [0.15, 0.2) is 0 Å². The molecular formula is C17H16BrN3O2. The Balaban J connectivity index is 1.69. The number of hydrogen-bond donors (Lipinski definition) is 1. The molecule has 2 amide bonds. The first-order valence-corrected chi connectivity index (χ1v) is 8.12. The highest BCUT2D eigenvalue weighted by Gasteiger charge is 2.35. The smallest absolute Gasteiger partial charge is 0.230 e. The van der Waals surface area contributed by atoms with Gasteiger partial charge in [-0.25, -0.2) is 4.98 Å². The third-order valence-corrected chi connectivity index (χ3v) is 4.30. The number of halogens is 1. The molecule has 0 aliphatic carbocycles. The standard InChI is InChI=1S/C17H16BrN3O2/c1-11-3-2-4-15(19-11)20-17(23)12-9-16(22)21(10-12)14-7-5-13(18)6-8-14/h2-8,12H,9-10H2,1H3,(H,19,20,23). The van der Waals surface area contributed by atoms with E-state index < -0.39 is 0 Å². The molecule has 1 fully saturated rings. The van der Waals surface area contributed by atoms with E-state index in [2.05, 4.69) is 26.2 Å². The summed E-state index contributed by atoms with van der Waals surface area (Å²) in [7, 11) is 0. The van der Waals surface area contributed by atoms with E-state index in [1.54, 1.807) is 11.0 Å². The number of nitrogens with one attached hydrogen (secondary N) is 1. The first-order valence-electron chi connectivity index (χ1n) is 7.33. The predicted octanol–water partition coefficient (Wildman–Crippen LogP) is 3.14. The quantitative estimate of drug-likeness (QED) is 0.898. The van der Waals surface area contributed by atoms with Crippen molar-refractivity contribution in [2.24, 2.45) is 5.92 Å². The molecule has 1 aromatic heterocycles. The summed E-state index contributed by atoms with van der Waals surface area (Å²) in [6.45, 7) is 2.25. The van der Waals surface area contributed by atoms with E-state index in [0.717, 1.165) is 15.9 Å². The first kappa shape index (κ1) is 15.7. The van der Waals surface area contributed by atoms with Gasteiger partial charge in [0.25, 0.3) is 0 Å². The molecule has 0 saturated carbocycles. The van der Waals surface area contributed by atoms with Crippen LogP contribution in [0.2, 0.25) is 0 Å². The topological polar surface area (TPSA) is 62.3 Å². The summed E-state index contributed by atoms with van der Waals surface area (Å²) in [4.78, 5) is 30.5. The monoisotopic (exact) mass is 373 g/mol. The molecule has 1 aliphatic rings. The number of hydrogen-bond acceptors (Lipinski definition) is 3. The molecule has 2 aromatic rings. The minimum atomic E-state index is -0.367. The minimum Gasteiger partial charge on any atom is -0.312 e. The van der Waals surface area contributed by atoms with Crippen molar-refractivity contribution in [1.82, 2.24) is 4.98 Å². The van der Waals surface area contributed by atoms with E-state index in [0.29, 0.717) is 12.4 Å². The van der Waals surface area contributed by atoms with Gasteiger partial charge in [0.1, 0.15) is 5.82 Å². The fourth-order valence-electron chi connectivity index (χ4n) is 2.59. The van der Waals surface area contributed by atoms with E-state index in [1.807, 2.05) is 43.3 Å². The van der Waals surface area contributed by atoms with Crippen LogP contribution in [0.1, 0.15) is 12.1 Å². The summed E-state index contributed by atoms with van der Waals surface area (Å²) in [5.41, 5.74) is 1.64. The van der Waals surface area contributed by atoms with Crippen LogP contribution in [-0.2, 0) is 9.59 Å². The highest BCUT2D eigenvalue weighted by Crippen LogP contribution is 2.27. The third kappa shape index (κ3) is 3.59. The maximum Gasteiger partial charge on any atom is 0.230 e. The lowest BCUT2D eigenvalue weighted by molar-refractivity contribution is -0.122. The van der Waals surface area contributed by atoms with Crippen LogP contribution in [0.4, 0.5) is 11.5 Å². The largest absolute Gasteiger partial charge is 0.312 e. The highest BCUT2D eigenvalue weighted by molar-refractivity contribution is 9.10. The normalized spacial score (nSPS) is 17.4. The molecule has 1 unspecified atom stereocenters. The second-order valence-electron chi connectivity index (χ2n) is 5.54. The molecule has 0 bridgehead atoms. The number of nitrogens with zero attached hydrogens (tertiary/aromatic N) is 2. The zero-order valence-corrected chi connectivity index (χ0v) is 14.2. The molecule has 1 aromatic carbocycles. The molecule has 2 heterocycles. The van der Waals surface area contributed by atoms with Crippen LogP contribution in [0, 0.1) is 12.8 Å². The van der Waals surface area contributed by atoms with Crippen LogP contribution >= 0.6 is 15.9 Å². The van der Waals surface area contributed by atoms with Crippen LogP contribution in [-0.4, -0.2) is 23.3 Å². The van der Waals surface area contributed by atoms with Gasteiger partial charge in [-0.1, -0.05) is 22.0 Å². The fourth-order valence-corrected chi connectivity index (χ4v) is 2.86. The van der Waals surface area contributed by atoms with Gasteiger partial charge in [-0.15, -0.1) is 0 Å². The zero-order chi connectivity index (χ0) is 16.4. The number of aryl methyl sites for hydroxylation is 1.